The molecule has 2 aromatic heterocycles. The van der Waals surface area contributed by atoms with Crippen LogP contribution in [-0.4, -0.2) is 46.5 Å². The van der Waals surface area contributed by atoms with Gasteiger partial charge in [-0.2, -0.15) is 10.3 Å². The van der Waals surface area contributed by atoms with Crippen LogP contribution in [0.4, 0.5) is 0 Å². The van der Waals surface area contributed by atoms with Crippen LogP contribution in [0.3, 0.4) is 0 Å². The number of hydrogen-bond donors (Lipinski definition) is 2. The molecule has 0 bridgehead atoms. The summed E-state index contributed by atoms with van der Waals surface area (Å²) in [6.07, 6.45) is 6.19. The SMILES string of the molecule is CCCCCCc1nc(Cc2ccc(CC(=O)O)cc2)n(Cc2ccc(-c3ccccc3-c3nn[nH]n3)cc2)n1. The summed E-state index contributed by atoms with van der Waals surface area (Å²) >= 11 is 0. The number of aromatic nitrogens is 7. The van der Waals surface area contributed by atoms with E-state index < -0.39 is 5.97 Å². The predicted molar refractivity (Wildman–Crippen MR) is 153 cm³/mol. The van der Waals surface area contributed by atoms with Gasteiger partial charge in [-0.15, -0.1) is 10.2 Å². The van der Waals surface area contributed by atoms with Crippen LogP contribution in [0.1, 0.15) is 60.9 Å². The van der Waals surface area contributed by atoms with Gasteiger partial charge in [0.1, 0.15) is 5.82 Å². The Morgan fingerprint density at radius 1 is 0.875 bits per heavy atom. The molecule has 0 amide bonds. The van der Waals surface area contributed by atoms with Crippen molar-refractivity contribution in [3.8, 4) is 22.5 Å². The van der Waals surface area contributed by atoms with Gasteiger partial charge in [-0.3, -0.25) is 4.79 Å². The maximum Gasteiger partial charge on any atom is 0.307 e. The number of nitrogens with one attached hydrogen (secondary N) is 1. The van der Waals surface area contributed by atoms with Crippen molar-refractivity contribution in [3.05, 3.63) is 101 Å². The topological polar surface area (TPSA) is 122 Å². The number of hydrogen-bond acceptors (Lipinski definition) is 6. The second-order valence-electron chi connectivity index (χ2n) is 9.95. The number of tetrazole rings is 1. The number of aryl methyl sites for hydroxylation is 1. The second-order valence-corrected chi connectivity index (χ2v) is 9.95. The monoisotopic (exact) mass is 535 g/mol. The van der Waals surface area contributed by atoms with E-state index in [9.17, 15) is 4.79 Å². The van der Waals surface area contributed by atoms with Gasteiger partial charge in [0.2, 0.25) is 5.82 Å². The van der Waals surface area contributed by atoms with Crippen molar-refractivity contribution >= 4 is 5.97 Å². The standard InChI is InChI=1S/C31H33N7O2/c1-2-3-4-5-10-28-32-29(19-22-11-13-23(14-12-22)20-30(39)40)38(35-28)21-24-15-17-25(18-16-24)26-8-6-7-9-27(26)31-33-36-37-34-31/h6-9,11-18H,2-5,10,19-21H2,1H3,(H,39,40)(H,33,34,36,37). The van der Waals surface area contributed by atoms with Gasteiger partial charge < -0.3 is 5.11 Å². The molecule has 0 unspecified atom stereocenters. The number of aliphatic carboxylic acids is 1. The number of aromatic amines is 1. The number of carboxylic acid groups (broad SMARTS) is 1. The molecule has 2 N–H and O–H groups in total. The number of benzene rings is 3. The molecule has 0 saturated carbocycles. The van der Waals surface area contributed by atoms with Gasteiger partial charge in [-0.25, -0.2) is 9.67 Å². The first-order chi connectivity index (χ1) is 19.6. The maximum atomic E-state index is 11.0. The molecule has 5 rings (SSSR count). The summed E-state index contributed by atoms with van der Waals surface area (Å²) in [5.41, 5.74) is 6.02. The summed E-state index contributed by atoms with van der Waals surface area (Å²) in [6, 6.07) is 24.2. The van der Waals surface area contributed by atoms with Gasteiger partial charge in [-0.05, 0) is 39.5 Å². The van der Waals surface area contributed by atoms with Crippen LogP contribution < -0.4 is 0 Å². The summed E-state index contributed by atoms with van der Waals surface area (Å²) in [5, 5.41) is 28.5. The van der Waals surface area contributed by atoms with Gasteiger partial charge in [0.15, 0.2) is 5.82 Å². The van der Waals surface area contributed by atoms with E-state index in [0.29, 0.717) is 18.8 Å². The summed E-state index contributed by atoms with van der Waals surface area (Å²) < 4.78 is 2.00. The lowest BCUT2D eigenvalue weighted by molar-refractivity contribution is -0.136. The van der Waals surface area contributed by atoms with E-state index in [2.05, 4.69) is 57.9 Å². The zero-order chi connectivity index (χ0) is 27.7. The largest absolute Gasteiger partial charge is 0.481 e. The molecule has 9 heteroatoms. The maximum absolute atomic E-state index is 11.0. The molecule has 0 aliphatic rings. The van der Waals surface area contributed by atoms with Gasteiger partial charge in [0.25, 0.3) is 0 Å². The van der Waals surface area contributed by atoms with Crippen LogP contribution >= 0.6 is 0 Å². The predicted octanol–water partition coefficient (Wildman–Crippen LogP) is 5.51. The molecule has 2 heterocycles. The van der Waals surface area contributed by atoms with Crippen molar-refractivity contribution in [2.75, 3.05) is 0 Å². The lowest BCUT2D eigenvalue weighted by Crippen LogP contribution is -2.08. The Hall–Kier alpha value is -4.66. The van der Waals surface area contributed by atoms with Crippen molar-refractivity contribution in [1.82, 2.24) is 35.4 Å². The summed E-state index contributed by atoms with van der Waals surface area (Å²) in [7, 11) is 0. The molecule has 0 fully saturated rings. The minimum atomic E-state index is -0.829. The molecule has 5 aromatic rings. The average Bonchev–Trinajstić information content (AvgIpc) is 3.63. The Morgan fingerprint density at radius 3 is 2.30 bits per heavy atom. The minimum Gasteiger partial charge on any atom is -0.481 e. The summed E-state index contributed by atoms with van der Waals surface area (Å²) in [4.78, 5) is 15.9. The number of carboxylic acids is 1. The van der Waals surface area contributed by atoms with E-state index in [1.165, 1.54) is 19.3 Å². The van der Waals surface area contributed by atoms with Crippen molar-refractivity contribution in [1.29, 1.82) is 0 Å². The normalized spacial score (nSPS) is 11.1. The minimum absolute atomic E-state index is 0.0218. The molecule has 3 aromatic carbocycles. The Labute approximate surface area is 233 Å². The van der Waals surface area contributed by atoms with Crippen molar-refractivity contribution < 1.29 is 9.90 Å². The fourth-order valence-corrected chi connectivity index (χ4v) is 4.80. The van der Waals surface area contributed by atoms with Crippen molar-refractivity contribution in [2.24, 2.45) is 0 Å². The molecular formula is C31H33N7O2. The molecule has 0 saturated heterocycles. The Morgan fingerprint density at radius 2 is 1.60 bits per heavy atom. The third-order valence-electron chi connectivity index (χ3n) is 6.90. The van der Waals surface area contributed by atoms with Crippen LogP contribution in [0.5, 0.6) is 0 Å². The molecule has 0 radical (unpaired) electrons. The van der Waals surface area contributed by atoms with E-state index in [1.807, 2.05) is 47.1 Å². The third-order valence-corrected chi connectivity index (χ3v) is 6.90. The number of carbonyl (C=O) groups is 1. The lowest BCUT2D eigenvalue weighted by atomic mass is 9.98. The zero-order valence-corrected chi connectivity index (χ0v) is 22.6. The third kappa shape index (κ3) is 6.85. The molecule has 40 heavy (non-hydrogen) atoms. The Kier molecular flexibility index (Phi) is 8.70. The summed E-state index contributed by atoms with van der Waals surface area (Å²) in [6.45, 7) is 2.82. The quantitative estimate of drug-likeness (QED) is 0.191. The fraction of sp³-hybridized carbons (Fsp3) is 0.290. The highest BCUT2D eigenvalue weighted by atomic mass is 16.4. The van der Waals surface area contributed by atoms with Gasteiger partial charge >= 0.3 is 5.97 Å². The van der Waals surface area contributed by atoms with Gasteiger partial charge in [-0.1, -0.05) is 99.0 Å². The number of nitrogens with zero attached hydrogens (tertiary/aromatic N) is 6. The van der Waals surface area contributed by atoms with E-state index >= 15 is 0 Å². The molecule has 0 aliphatic heterocycles. The first kappa shape index (κ1) is 26.9. The molecule has 0 spiro atoms. The van der Waals surface area contributed by atoms with E-state index in [4.69, 9.17) is 15.2 Å². The Bertz CT molecular complexity index is 1530. The summed E-state index contributed by atoms with van der Waals surface area (Å²) in [5.74, 6) is 1.51. The van der Waals surface area contributed by atoms with Gasteiger partial charge in [0, 0.05) is 18.4 Å². The molecule has 204 valence electrons. The highest BCUT2D eigenvalue weighted by Gasteiger charge is 2.14. The van der Waals surface area contributed by atoms with Crippen LogP contribution in [0, 0.1) is 0 Å². The average molecular weight is 536 g/mol. The number of H-pyrrole nitrogens is 1. The molecule has 0 aliphatic carbocycles. The molecule has 9 nitrogen and oxygen atoms in total. The zero-order valence-electron chi connectivity index (χ0n) is 22.6. The van der Waals surface area contributed by atoms with Crippen molar-refractivity contribution in [3.63, 3.8) is 0 Å². The fourth-order valence-electron chi connectivity index (χ4n) is 4.80. The van der Waals surface area contributed by atoms with Crippen LogP contribution in [0.25, 0.3) is 22.5 Å². The van der Waals surface area contributed by atoms with E-state index in [0.717, 1.165) is 57.9 Å². The smallest absolute Gasteiger partial charge is 0.307 e. The lowest BCUT2D eigenvalue weighted by Gasteiger charge is -2.10. The van der Waals surface area contributed by atoms with Crippen LogP contribution in [0.15, 0.2) is 72.8 Å². The molecule has 0 atom stereocenters. The van der Waals surface area contributed by atoms with Crippen LogP contribution in [0.2, 0.25) is 0 Å². The molecular weight excluding hydrogens is 502 g/mol. The Balaban J connectivity index is 1.35. The number of rotatable bonds is 13. The van der Waals surface area contributed by atoms with Crippen LogP contribution in [-0.2, 0) is 30.6 Å². The van der Waals surface area contributed by atoms with Crippen molar-refractivity contribution in [2.45, 2.75) is 58.4 Å². The highest BCUT2D eigenvalue weighted by Crippen LogP contribution is 2.30. The van der Waals surface area contributed by atoms with Gasteiger partial charge in [0.05, 0.1) is 13.0 Å². The highest BCUT2D eigenvalue weighted by molar-refractivity contribution is 5.80. The number of unbranched alkanes of at least 4 members (excludes halogenated alkanes) is 3. The first-order valence-corrected chi connectivity index (χ1v) is 13.7. The first-order valence-electron chi connectivity index (χ1n) is 13.7. The second kappa shape index (κ2) is 12.9. The van der Waals surface area contributed by atoms with E-state index in [-0.39, 0.29) is 6.42 Å². The van der Waals surface area contributed by atoms with E-state index in [1.54, 1.807) is 0 Å².